The molecular formula is C15H24N4S. The molecule has 1 saturated heterocycles. The van der Waals surface area contributed by atoms with E-state index in [2.05, 4.69) is 30.5 Å². The van der Waals surface area contributed by atoms with Crippen molar-refractivity contribution >= 4 is 16.9 Å². The van der Waals surface area contributed by atoms with Crippen LogP contribution in [0.4, 0.5) is 0 Å². The van der Waals surface area contributed by atoms with Gasteiger partial charge in [0.05, 0.1) is 12.2 Å². The van der Waals surface area contributed by atoms with Crippen LogP contribution in [0.15, 0.2) is 11.2 Å². The normalized spacial score (nSPS) is 31.9. The van der Waals surface area contributed by atoms with E-state index >= 15 is 0 Å². The Labute approximate surface area is 125 Å². The number of amidine groups is 1. The van der Waals surface area contributed by atoms with Gasteiger partial charge in [0, 0.05) is 30.1 Å². The largest absolute Gasteiger partial charge is 0.359 e. The Hall–Kier alpha value is -0.970. The van der Waals surface area contributed by atoms with Crippen LogP contribution in [0.5, 0.6) is 0 Å². The van der Waals surface area contributed by atoms with Crippen molar-refractivity contribution in [3.05, 3.63) is 17.5 Å². The topological polar surface area (TPSA) is 42.2 Å². The van der Waals surface area contributed by atoms with Gasteiger partial charge in [-0.05, 0) is 38.5 Å². The molecule has 1 saturated carbocycles. The third-order valence-corrected chi connectivity index (χ3v) is 5.80. The molecule has 1 aliphatic carbocycles. The van der Waals surface area contributed by atoms with E-state index in [9.17, 15) is 0 Å². The third kappa shape index (κ3) is 2.87. The molecule has 0 atom stereocenters. The predicted molar refractivity (Wildman–Crippen MR) is 85.0 cm³/mol. The van der Waals surface area contributed by atoms with Gasteiger partial charge in [0.15, 0.2) is 5.17 Å². The summed E-state index contributed by atoms with van der Waals surface area (Å²) < 4.78 is 1.87. The van der Waals surface area contributed by atoms with Gasteiger partial charge in [0.1, 0.15) is 0 Å². The number of thioether (sulfide) groups is 1. The minimum absolute atomic E-state index is 0.333. The fourth-order valence-corrected chi connectivity index (χ4v) is 4.35. The van der Waals surface area contributed by atoms with Crippen LogP contribution < -0.4 is 5.32 Å². The molecule has 1 aliphatic heterocycles. The molecule has 0 bridgehead atoms. The Kier molecular flexibility index (Phi) is 3.80. The van der Waals surface area contributed by atoms with Crippen LogP contribution in [0.25, 0.3) is 0 Å². The second-order valence-electron chi connectivity index (χ2n) is 6.41. The quantitative estimate of drug-likeness (QED) is 0.911. The van der Waals surface area contributed by atoms with Gasteiger partial charge in [-0.25, -0.2) is 0 Å². The second kappa shape index (κ2) is 5.43. The molecule has 1 aromatic heterocycles. The molecule has 5 heteroatoms. The second-order valence-corrected chi connectivity index (χ2v) is 7.38. The van der Waals surface area contributed by atoms with Crippen LogP contribution in [0.2, 0.25) is 0 Å². The van der Waals surface area contributed by atoms with Gasteiger partial charge in [-0.2, -0.15) is 5.10 Å². The Bertz CT molecular complexity index is 512. The van der Waals surface area contributed by atoms with E-state index in [-0.39, 0.29) is 0 Å². The van der Waals surface area contributed by atoms with Crippen molar-refractivity contribution in [3.63, 3.8) is 0 Å². The summed E-state index contributed by atoms with van der Waals surface area (Å²) >= 11 is 1.89. The maximum absolute atomic E-state index is 4.75. The monoisotopic (exact) mass is 292 g/mol. The lowest BCUT2D eigenvalue weighted by molar-refractivity contribution is 0.251. The molecule has 0 aromatic carbocycles. The maximum Gasteiger partial charge on any atom is 0.157 e. The van der Waals surface area contributed by atoms with Crippen LogP contribution in [0.3, 0.4) is 0 Å². The summed E-state index contributed by atoms with van der Waals surface area (Å²) in [6.07, 6.45) is 7.36. The van der Waals surface area contributed by atoms with Gasteiger partial charge in [0.25, 0.3) is 0 Å². The Morgan fingerprint density at radius 1 is 1.50 bits per heavy atom. The van der Waals surface area contributed by atoms with Crippen molar-refractivity contribution in [2.24, 2.45) is 18.0 Å². The Morgan fingerprint density at radius 3 is 2.90 bits per heavy atom. The van der Waals surface area contributed by atoms with Crippen molar-refractivity contribution in [1.29, 1.82) is 0 Å². The van der Waals surface area contributed by atoms with E-state index in [0.29, 0.717) is 5.54 Å². The van der Waals surface area contributed by atoms with E-state index in [1.54, 1.807) is 0 Å². The average molecular weight is 292 g/mol. The molecule has 1 spiro atoms. The summed E-state index contributed by atoms with van der Waals surface area (Å²) in [4.78, 5) is 4.75. The van der Waals surface area contributed by atoms with Gasteiger partial charge in [-0.3, -0.25) is 9.67 Å². The van der Waals surface area contributed by atoms with Gasteiger partial charge in [-0.1, -0.05) is 18.7 Å². The number of nitrogens with zero attached hydrogens (tertiary/aromatic N) is 3. The van der Waals surface area contributed by atoms with Crippen LogP contribution >= 0.6 is 11.8 Å². The molecule has 110 valence electrons. The first-order chi connectivity index (χ1) is 9.56. The minimum Gasteiger partial charge on any atom is -0.359 e. The number of aromatic nitrogens is 2. The lowest BCUT2D eigenvalue weighted by Gasteiger charge is -2.35. The van der Waals surface area contributed by atoms with Crippen molar-refractivity contribution in [1.82, 2.24) is 15.1 Å². The minimum atomic E-state index is 0.333. The van der Waals surface area contributed by atoms with Crippen molar-refractivity contribution in [2.75, 3.05) is 5.75 Å². The average Bonchev–Trinajstić information content (AvgIpc) is 2.95. The van der Waals surface area contributed by atoms with E-state index in [1.807, 2.05) is 23.5 Å². The first-order valence-corrected chi connectivity index (χ1v) is 8.49. The fraction of sp³-hybridized carbons (Fsp3) is 0.733. The fourth-order valence-electron chi connectivity index (χ4n) is 3.14. The summed E-state index contributed by atoms with van der Waals surface area (Å²) in [5, 5.41) is 9.20. The van der Waals surface area contributed by atoms with E-state index in [0.717, 1.165) is 23.3 Å². The molecule has 0 radical (unpaired) electrons. The summed E-state index contributed by atoms with van der Waals surface area (Å²) in [6, 6.07) is 0. The molecular weight excluding hydrogens is 268 g/mol. The smallest absolute Gasteiger partial charge is 0.157 e. The maximum atomic E-state index is 4.75. The zero-order chi connectivity index (χ0) is 14.2. The first-order valence-electron chi connectivity index (χ1n) is 7.51. The SMILES string of the molecule is Cc1nn(C)cc1CN=C1NC2(CCC(C)CC2)CS1. The molecule has 3 rings (SSSR count). The highest BCUT2D eigenvalue weighted by Crippen LogP contribution is 2.38. The van der Waals surface area contributed by atoms with E-state index in [1.165, 1.54) is 37.0 Å². The summed E-state index contributed by atoms with van der Waals surface area (Å²) in [7, 11) is 1.96. The zero-order valence-corrected chi connectivity index (χ0v) is 13.5. The first kappa shape index (κ1) is 14.0. The molecule has 1 N–H and O–H groups in total. The number of rotatable bonds is 2. The Morgan fingerprint density at radius 2 is 2.25 bits per heavy atom. The summed E-state index contributed by atoms with van der Waals surface area (Å²) in [6.45, 7) is 5.16. The summed E-state index contributed by atoms with van der Waals surface area (Å²) in [5.74, 6) is 2.08. The third-order valence-electron chi connectivity index (χ3n) is 4.60. The predicted octanol–water partition coefficient (Wildman–Crippen LogP) is 2.87. The van der Waals surface area contributed by atoms with Crippen molar-refractivity contribution in [3.8, 4) is 0 Å². The molecule has 2 heterocycles. The molecule has 0 amide bonds. The molecule has 2 fully saturated rings. The van der Waals surface area contributed by atoms with E-state index < -0.39 is 0 Å². The van der Waals surface area contributed by atoms with Crippen LogP contribution in [0.1, 0.15) is 43.9 Å². The lowest BCUT2D eigenvalue weighted by Crippen LogP contribution is -2.46. The molecule has 0 unspecified atom stereocenters. The Balaban J connectivity index is 1.62. The van der Waals surface area contributed by atoms with Gasteiger partial charge in [-0.15, -0.1) is 0 Å². The molecule has 1 aromatic rings. The number of hydrogen-bond donors (Lipinski definition) is 1. The number of hydrogen-bond acceptors (Lipinski definition) is 3. The van der Waals surface area contributed by atoms with Crippen molar-refractivity contribution < 1.29 is 0 Å². The lowest BCUT2D eigenvalue weighted by atomic mass is 9.78. The van der Waals surface area contributed by atoms with Crippen molar-refractivity contribution in [2.45, 2.75) is 51.6 Å². The van der Waals surface area contributed by atoms with Gasteiger partial charge < -0.3 is 5.32 Å². The standard InChI is InChI=1S/C15H24N4S/c1-11-4-6-15(7-5-11)10-20-14(17-15)16-8-13-9-19(3)18-12(13)2/h9,11H,4-8,10H2,1-3H3,(H,16,17). The number of aryl methyl sites for hydroxylation is 2. The zero-order valence-electron chi connectivity index (χ0n) is 12.6. The van der Waals surface area contributed by atoms with Crippen LogP contribution in [-0.4, -0.2) is 26.2 Å². The highest BCUT2D eigenvalue weighted by molar-refractivity contribution is 8.14. The highest BCUT2D eigenvalue weighted by Gasteiger charge is 2.39. The highest BCUT2D eigenvalue weighted by atomic mass is 32.2. The van der Waals surface area contributed by atoms with Crippen LogP contribution in [0, 0.1) is 12.8 Å². The molecule has 20 heavy (non-hydrogen) atoms. The molecule has 4 nitrogen and oxygen atoms in total. The summed E-state index contributed by atoms with van der Waals surface area (Å²) in [5.41, 5.74) is 2.64. The van der Waals surface area contributed by atoms with Gasteiger partial charge in [0.2, 0.25) is 0 Å². The van der Waals surface area contributed by atoms with Gasteiger partial charge >= 0.3 is 0 Å². The molecule has 2 aliphatic rings. The number of nitrogens with one attached hydrogen (secondary N) is 1. The van der Waals surface area contributed by atoms with Crippen LogP contribution in [-0.2, 0) is 13.6 Å². The number of aliphatic imine (C=N–C) groups is 1. The van der Waals surface area contributed by atoms with E-state index in [4.69, 9.17) is 4.99 Å².